The summed E-state index contributed by atoms with van der Waals surface area (Å²) in [5, 5.41) is 0. The first-order valence-corrected chi connectivity index (χ1v) is 33.1. The molecule has 0 fully saturated rings. The average Bonchev–Trinajstić information content (AvgIpc) is 3.41. The van der Waals surface area contributed by atoms with Gasteiger partial charge in [-0.05, 0) is 83.5 Å². The molecule has 0 aliphatic rings. The lowest BCUT2D eigenvalue weighted by Gasteiger charge is -2.18. The van der Waals surface area contributed by atoms with E-state index in [0.29, 0.717) is 19.3 Å². The highest BCUT2D eigenvalue weighted by atomic mass is 16.6. The number of ether oxygens (including phenoxy) is 3. The summed E-state index contributed by atoms with van der Waals surface area (Å²) in [6.45, 7) is 6.65. The summed E-state index contributed by atoms with van der Waals surface area (Å²) >= 11 is 0. The number of hydrogen-bond acceptors (Lipinski definition) is 6. The maximum absolute atomic E-state index is 12.9. The van der Waals surface area contributed by atoms with Crippen LogP contribution in [0.3, 0.4) is 0 Å². The first-order valence-electron chi connectivity index (χ1n) is 33.1. The molecule has 0 saturated heterocycles. The zero-order chi connectivity index (χ0) is 54.3. The van der Waals surface area contributed by atoms with Crippen molar-refractivity contribution in [1.29, 1.82) is 0 Å². The van der Waals surface area contributed by atoms with Crippen molar-refractivity contribution < 1.29 is 28.6 Å². The zero-order valence-corrected chi connectivity index (χ0v) is 50.3. The summed E-state index contributed by atoms with van der Waals surface area (Å²) in [7, 11) is 0. The third-order valence-electron chi connectivity index (χ3n) is 14.8. The molecule has 6 nitrogen and oxygen atoms in total. The molecule has 0 aromatic heterocycles. The number of hydrogen-bond donors (Lipinski definition) is 0. The number of esters is 3. The Morgan fingerprint density at radius 1 is 0.267 bits per heavy atom. The van der Waals surface area contributed by atoms with E-state index in [2.05, 4.69) is 69.4 Å². The van der Waals surface area contributed by atoms with E-state index < -0.39 is 6.10 Å². The first-order chi connectivity index (χ1) is 37.0. The Kier molecular flexibility index (Phi) is 61.7. The van der Waals surface area contributed by atoms with Gasteiger partial charge in [0.2, 0.25) is 0 Å². The molecule has 0 saturated carbocycles. The van der Waals surface area contributed by atoms with Gasteiger partial charge in [0.25, 0.3) is 0 Å². The smallest absolute Gasteiger partial charge is 0.306 e. The quantitative estimate of drug-likeness (QED) is 0.0261. The summed E-state index contributed by atoms with van der Waals surface area (Å²) in [5.41, 5.74) is 0. The zero-order valence-electron chi connectivity index (χ0n) is 50.3. The van der Waals surface area contributed by atoms with Gasteiger partial charge in [0.15, 0.2) is 6.10 Å². The second kappa shape index (κ2) is 63.9. The van der Waals surface area contributed by atoms with Gasteiger partial charge < -0.3 is 14.2 Å². The van der Waals surface area contributed by atoms with Gasteiger partial charge in [0.1, 0.15) is 13.2 Å². The summed E-state index contributed by atoms with van der Waals surface area (Å²) in [6.07, 6.45) is 80.0. The first kappa shape index (κ1) is 72.4. The molecule has 0 heterocycles. The molecule has 0 aromatic rings. The van der Waals surface area contributed by atoms with Crippen molar-refractivity contribution in [1.82, 2.24) is 0 Å². The molecule has 0 aromatic carbocycles. The van der Waals surface area contributed by atoms with Crippen molar-refractivity contribution in [3.8, 4) is 0 Å². The Hall–Kier alpha value is -2.63. The molecule has 1 atom stereocenters. The van der Waals surface area contributed by atoms with E-state index in [1.165, 1.54) is 244 Å². The van der Waals surface area contributed by atoms with Crippen LogP contribution in [0.25, 0.3) is 0 Å². The van der Waals surface area contributed by atoms with Crippen LogP contribution in [-0.2, 0) is 28.6 Å². The molecule has 0 radical (unpaired) electrons. The van der Waals surface area contributed by atoms with Crippen molar-refractivity contribution in [3.63, 3.8) is 0 Å². The molecule has 0 bridgehead atoms. The maximum atomic E-state index is 12.9. The number of carbonyl (C=O) groups excluding carboxylic acids is 3. The number of unbranched alkanes of at least 4 members (excludes halogenated alkanes) is 42. The van der Waals surface area contributed by atoms with Crippen LogP contribution in [-0.4, -0.2) is 37.2 Å². The van der Waals surface area contributed by atoms with Crippen molar-refractivity contribution in [3.05, 3.63) is 48.6 Å². The normalized spacial score (nSPS) is 12.3. The standard InChI is InChI=1S/C69H126O6/c1-4-7-10-13-16-19-21-23-25-27-28-29-30-31-32-33-34-35-36-37-38-39-40-42-43-45-47-50-53-56-59-62-68(71)74-65-66(64-73-67(70)61-58-55-52-49-18-15-12-9-6-3)75-69(72)63-60-57-54-51-48-46-44-41-26-24-22-20-17-14-11-8-5-2/h21,23-24,26-28,30-31,66H,4-20,22,25,29,32-65H2,1-3H3/b23-21-,26-24-,28-27-,31-30-. The molecule has 0 aliphatic heterocycles. The van der Waals surface area contributed by atoms with Gasteiger partial charge >= 0.3 is 17.9 Å². The fourth-order valence-electron chi connectivity index (χ4n) is 9.80. The SMILES string of the molecule is CCCCCCC/C=C\C/C=C\C/C=C\CCCCCCCCCCCCCCCCCCC(=O)OCC(COC(=O)CCCCCCCCCCC)OC(=O)CCCCCCCCC/C=C\CCCCCCCC. The maximum Gasteiger partial charge on any atom is 0.306 e. The Labute approximate surface area is 467 Å². The van der Waals surface area contributed by atoms with E-state index in [1.54, 1.807) is 0 Å². The third kappa shape index (κ3) is 62.1. The predicted octanol–water partition coefficient (Wildman–Crippen LogP) is 22.6. The van der Waals surface area contributed by atoms with Gasteiger partial charge in [-0.3, -0.25) is 14.4 Å². The molecule has 0 aliphatic carbocycles. The molecule has 0 spiro atoms. The van der Waals surface area contributed by atoms with Crippen molar-refractivity contribution in [2.45, 2.75) is 361 Å². The van der Waals surface area contributed by atoms with Crippen molar-refractivity contribution >= 4 is 17.9 Å². The Morgan fingerprint density at radius 2 is 0.480 bits per heavy atom. The highest BCUT2D eigenvalue weighted by molar-refractivity contribution is 5.71. The predicted molar refractivity (Wildman–Crippen MR) is 325 cm³/mol. The minimum atomic E-state index is -0.771. The van der Waals surface area contributed by atoms with Gasteiger partial charge in [-0.2, -0.15) is 0 Å². The van der Waals surface area contributed by atoms with Crippen LogP contribution in [0.15, 0.2) is 48.6 Å². The molecule has 6 heteroatoms. The van der Waals surface area contributed by atoms with E-state index in [-0.39, 0.29) is 31.1 Å². The van der Waals surface area contributed by atoms with E-state index in [0.717, 1.165) is 70.6 Å². The van der Waals surface area contributed by atoms with E-state index >= 15 is 0 Å². The highest BCUT2D eigenvalue weighted by Crippen LogP contribution is 2.17. The number of rotatable bonds is 61. The van der Waals surface area contributed by atoms with Gasteiger partial charge in [-0.15, -0.1) is 0 Å². The molecule has 0 amide bonds. The molecular weight excluding hydrogens is 925 g/mol. The lowest BCUT2D eigenvalue weighted by Crippen LogP contribution is -2.30. The Balaban J connectivity index is 4.09. The molecule has 0 N–H and O–H groups in total. The monoisotopic (exact) mass is 1050 g/mol. The molecule has 75 heavy (non-hydrogen) atoms. The summed E-state index contributed by atoms with van der Waals surface area (Å²) in [6, 6.07) is 0. The van der Waals surface area contributed by atoms with Crippen molar-refractivity contribution in [2.24, 2.45) is 0 Å². The second-order valence-electron chi connectivity index (χ2n) is 22.4. The highest BCUT2D eigenvalue weighted by Gasteiger charge is 2.19. The lowest BCUT2D eigenvalue weighted by atomic mass is 10.0. The van der Waals surface area contributed by atoms with Crippen LogP contribution in [0.5, 0.6) is 0 Å². The van der Waals surface area contributed by atoms with E-state index in [4.69, 9.17) is 14.2 Å². The molecule has 0 rings (SSSR count). The third-order valence-corrected chi connectivity index (χ3v) is 14.8. The number of carbonyl (C=O) groups is 3. The van der Waals surface area contributed by atoms with Gasteiger partial charge in [0, 0.05) is 19.3 Å². The summed E-state index contributed by atoms with van der Waals surface area (Å²) in [4.78, 5) is 38.2. The summed E-state index contributed by atoms with van der Waals surface area (Å²) in [5.74, 6) is -0.858. The topological polar surface area (TPSA) is 78.9 Å². The Morgan fingerprint density at radius 3 is 0.760 bits per heavy atom. The van der Waals surface area contributed by atoms with Gasteiger partial charge in [0.05, 0.1) is 0 Å². The van der Waals surface area contributed by atoms with Crippen LogP contribution in [0.4, 0.5) is 0 Å². The van der Waals surface area contributed by atoms with Gasteiger partial charge in [-0.25, -0.2) is 0 Å². The Bertz CT molecular complexity index is 1300. The van der Waals surface area contributed by atoms with E-state index in [9.17, 15) is 14.4 Å². The number of allylic oxidation sites excluding steroid dienone is 8. The van der Waals surface area contributed by atoms with Gasteiger partial charge in [-0.1, -0.05) is 301 Å². The van der Waals surface area contributed by atoms with Crippen molar-refractivity contribution in [2.75, 3.05) is 13.2 Å². The van der Waals surface area contributed by atoms with Crippen LogP contribution in [0, 0.1) is 0 Å². The van der Waals surface area contributed by atoms with Crippen LogP contribution >= 0.6 is 0 Å². The summed E-state index contributed by atoms with van der Waals surface area (Å²) < 4.78 is 16.9. The van der Waals surface area contributed by atoms with Crippen LogP contribution in [0.1, 0.15) is 355 Å². The lowest BCUT2D eigenvalue weighted by molar-refractivity contribution is -0.167. The largest absolute Gasteiger partial charge is 0.462 e. The second-order valence-corrected chi connectivity index (χ2v) is 22.4. The molecular formula is C69H126O6. The van der Waals surface area contributed by atoms with Crippen LogP contribution in [0.2, 0.25) is 0 Å². The average molecular weight is 1050 g/mol. The van der Waals surface area contributed by atoms with Crippen LogP contribution < -0.4 is 0 Å². The minimum Gasteiger partial charge on any atom is -0.462 e. The fraction of sp³-hybridized carbons (Fsp3) is 0.841. The minimum absolute atomic E-state index is 0.0704. The fourth-order valence-corrected chi connectivity index (χ4v) is 9.80. The van der Waals surface area contributed by atoms with E-state index in [1.807, 2.05) is 0 Å². The molecule has 1 unspecified atom stereocenters. The molecule has 438 valence electrons.